The molecule has 1 aliphatic heterocycles. The first kappa shape index (κ1) is 19.7. The molecule has 146 valence electrons. The number of allylic oxidation sites excluding steroid dienone is 1. The molecule has 1 aliphatic rings. The summed E-state index contributed by atoms with van der Waals surface area (Å²) in [5.41, 5.74) is 1.85. The maximum absolute atomic E-state index is 12.6. The standard InChI is InChI=1S/C21H22N2O5/c1-27-21-9-7-17(14-18(21)15-22-10-12-28-13-11-22)20(24)8-6-16-4-2-3-5-19(16)23(25)26/h2-9,14H,10-13,15H2,1H3/p+1/b8-6+. The maximum atomic E-state index is 12.6. The molecule has 2 aromatic carbocycles. The van der Waals surface area contributed by atoms with E-state index >= 15 is 0 Å². The number of nitro benzene ring substituents is 1. The number of carbonyl (C=O) groups excluding carboxylic acids is 1. The molecule has 0 bridgehead atoms. The van der Waals surface area contributed by atoms with Gasteiger partial charge in [0.1, 0.15) is 25.4 Å². The maximum Gasteiger partial charge on any atom is 0.276 e. The number of quaternary nitrogens is 1. The lowest BCUT2D eigenvalue weighted by molar-refractivity contribution is -0.921. The Bertz CT molecular complexity index is 888. The summed E-state index contributed by atoms with van der Waals surface area (Å²) in [6.07, 6.45) is 2.85. The van der Waals surface area contributed by atoms with Gasteiger partial charge in [0.15, 0.2) is 5.78 Å². The van der Waals surface area contributed by atoms with Gasteiger partial charge in [-0.3, -0.25) is 14.9 Å². The van der Waals surface area contributed by atoms with Crippen LogP contribution in [0.3, 0.4) is 0 Å². The predicted octanol–water partition coefficient (Wildman–Crippen LogP) is 1.91. The lowest BCUT2D eigenvalue weighted by Gasteiger charge is -2.24. The van der Waals surface area contributed by atoms with Crippen molar-refractivity contribution in [2.75, 3.05) is 33.4 Å². The number of nitro groups is 1. The number of methoxy groups -OCH3 is 1. The number of para-hydroxylation sites is 1. The molecule has 0 spiro atoms. The van der Waals surface area contributed by atoms with Crippen molar-refractivity contribution in [3.63, 3.8) is 0 Å². The normalized spacial score (nSPS) is 14.9. The number of rotatable bonds is 7. The number of hydrogen-bond acceptors (Lipinski definition) is 5. The van der Waals surface area contributed by atoms with E-state index in [9.17, 15) is 14.9 Å². The number of ketones is 1. The van der Waals surface area contributed by atoms with E-state index in [0.717, 1.165) is 44.2 Å². The van der Waals surface area contributed by atoms with Crippen LogP contribution in [0.5, 0.6) is 5.75 Å². The van der Waals surface area contributed by atoms with Gasteiger partial charge >= 0.3 is 0 Å². The topological polar surface area (TPSA) is 83.1 Å². The van der Waals surface area contributed by atoms with Crippen molar-refractivity contribution in [3.8, 4) is 5.75 Å². The third kappa shape index (κ3) is 4.82. The second-order valence-electron chi connectivity index (χ2n) is 6.58. The molecule has 1 fully saturated rings. The first-order valence-corrected chi connectivity index (χ1v) is 9.12. The zero-order chi connectivity index (χ0) is 19.9. The first-order valence-electron chi connectivity index (χ1n) is 9.12. The van der Waals surface area contributed by atoms with Gasteiger partial charge in [-0.2, -0.15) is 0 Å². The summed E-state index contributed by atoms with van der Waals surface area (Å²) in [4.78, 5) is 24.6. The Balaban J connectivity index is 1.80. The highest BCUT2D eigenvalue weighted by atomic mass is 16.6. The SMILES string of the molecule is COc1ccc(C(=O)/C=C/c2ccccc2[N+](=O)[O-])cc1C[NH+]1CCOCC1. The summed E-state index contributed by atoms with van der Waals surface area (Å²) in [7, 11) is 1.61. The Kier molecular flexibility index (Phi) is 6.52. The summed E-state index contributed by atoms with van der Waals surface area (Å²) < 4.78 is 10.8. The molecule has 7 heteroatoms. The van der Waals surface area contributed by atoms with Gasteiger partial charge < -0.3 is 14.4 Å². The molecule has 2 aromatic rings. The van der Waals surface area contributed by atoms with Gasteiger partial charge in [0, 0.05) is 17.2 Å². The van der Waals surface area contributed by atoms with Gasteiger partial charge in [-0.25, -0.2) is 0 Å². The van der Waals surface area contributed by atoms with Crippen LogP contribution in [0.1, 0.15) is 21.5 Å². The van der Waals surface area contributed by atoms with Crippen LogP contribution < -0.4 is 9.64 Å². The average Bonchev–Trinajstić information content (AvgIpc) is 2.73. The minimum atomic E-state index is -0.458. The van der Waals surface area contributed by atoms with Gasteiger partial charge in [0.2, 0.25) is 0 Å². The molecule has 1 N–H and O–H groups in total. The van der Waals surface area contributed by atoms with E-state index in [0.29, 0.717) is 11.1 Å². The minimum Gasteiger partial charge on any atom is -0.496 e. The second-order valence-corrected chi connectivity index (χ2v) is 6.58. The van der Waals surface area contributed by atoms with E-state index in [1.54, 1.807) is 37.4 Å². The number of hydrogen-bond donors (Lipinski definition) is 1. The smallest absolute Gasteiger partial charge is 0.276 e. The van der Waals surface area contributed by atoms with Crippen LogP contribution in [0, 0.1) is 10.1 Å². The van der Waals surface area contributed by atoms with Gasteiger partial charge in [-0.1, -0.05) is 12.1 Å². The van der Waals surface area contributed by atoms with E-state index in [1.165, 1.54) is 23.1 Å². The molecule has 0 aromatic heterocycles. The van der Waals surface area contributed by atoms with Crippen LogP contribution in [0.4, 0.5) is 5.69 Å². The summed E-state index contributed by atoms with van der Waals surface area (Å²) >= 11 is 0. The van der Waals surface area contributed by atoms with E-state index in [1.807, 2.05) is 6.07 Å². The summed E-state index contributed by atoms with van der Waals surface area (Å²) in [6, 6.07) is 11.7. The summed E-state index contributed by atoms with van der Waals surface area (Å²) in [5, 5.41) is 11.1. The number of morpholine rings is 1. The van der Waals surface area contributed by atoms with Crippen molar-refractivity contribution in [1.82, 2.24) is 0 Å². The number of benzene rings is 2. The van der Waals surface area contributed by atoms with Gasteiger partial charge in [0.25, 0.3) is 5.69 Å². The number of ether oxygens (including phenoxy) is 2. The zero-order valence-electron chi connectivity index (χ0n) is 15.7. The van der Waals surface area contributed by atoms with Crippen molar-refractivity contribution >= 4 is 17.5 Å². The third-order valence-corrected chi connectivity index (χ3v) is 4.75. The van der Waals surface area contributed by atoms with Gasteiger partial charge in [-0.05, 0) is 36.4 Å². The summed E-state index contributed by atoms with van der Waals surface area (Å²) in [5.74, 6) is 0.539. The molecule has 0 saturated carbocycles. The fraction of sp³-hybridized carbons (Fsp3) is 0.286. The van der Waals surface area contributed by atoms with Crippen LogP contribution in [0.2, 0.25) is 0 Å². The monoisotopic (exact) mass is 383 g/mol. The lowest BCUT2D eigenvalue weighted by Crippen LogP contribution is -3.12. The molecule has 0 unspecified atom stereocenters. The molecular formula is C21H23N2O5+. The molecule has 7 nitrogen and oxygen atoms in total. The second kappa shape index (κ2) is 9.25. The minimum absolute atomic E-state index is 0.0297. The first-order chi connectivity index (χ1) is 13.6. The van der Waals surface area contributed by atoms with Crippen molar-refractivity contribution in [1.29, 1.82) is 0 Å². The molecule has 0 atom stereocenters. The van der Waals surface area contributed by atoms with E-state index in [-0.39, 0.29) is 11.5 Å². The highest BCUT2D eigenvalue weighted by Crippen LogP contribution is 2.22. The van der Waals surface area contributed by atoms with Crippen molar-refractivity contribution in [2.45, 2.75) is 6.54 Å². The molecule has 1 saturated heterocycles. The molecule has 28 heavy (non-hydrogen) atoms. The fourth-order valence-corrected chi connectivity index (χ4v) is 3.23. The van der Waals surface area contributed by atoms with Crippen molar-refractivity contribution in [2.24, 2.45) is 0 Å². The highest BCUT2D eigenvalue weighted by molar-refractivity contribution is 6.07. The zero-order valence-corrected chi connectivity index (χ0v) is 15.7. The molecular weight excluding hydrogens is 360 g/mol. The van der Waals surface area contributed by atoms with Crippen LogP contribution in [-0.2, 0) is 11.3 Å². The molecule has 0 radical (unpaired) electrons. The Morgan fingerprint density at radius 1 is 1.25 bits per heavy atom. The highest BCUT2D eigenvalue weighted by Gasteiger charge is 2.18. The third-order valence-electron chi connectivity index (χ3n) is 4.75. The Labute approximate surface area is 163 Å². The largest absolute Gasteiger partial charge is 0.496 e. The molecule has 0 amide bonds. The Hall–Kier alpha value is -3.03. The molecule has 0 aliphatic carbocycles. The van der Waals surface area contributed by atoms with Crippen LogP contribution in [0.25, 0.3) is 6.08 Å². The lowest BCUT2D eigenvalue weighted by atomic mass is 10.0. The molecule has 3 rings (SSSR count). The Morgan fingerprint density at radius 2 is 2.00 bits per heavy atom. The average molecular weight is 383 g/mol. The number of nitrogens with one attached hydrogen (secondary N) is 1. The quantitative estimate of drug-likeness (QED) is 0.342. The predicted molar refractivity (Wildman–Crippen MR) is 105 cm³/mol. The van der Waals surface area contributed by atoms with Crippen LogP contribution in [0.15, 0.2) is 48.5 Å². The fourth-order valence-electron chi connectivity index (χ4n) is 3.23. The number of nitrogens with zero attached hydrogens (tertiary/aromatic N) is 1. The van der Waals surface area contributed by atoms with E-state index < -0.39 is 4.92 Å². The number of carbonyl (C=O) groups is 1. The van der Waals surface area contributed by atoms with E-state index in [2.05, 4.69) is 0 Å². The van der Waals surface area contributed by atoms with Gasteiger partial charge in [0.05, 0.1) is 30.8 Å². The van der Waals surface area contributed by atoms with Crippen LogP contribution >= 0.6 is 0 Å². The van der Waals surface area contributed by atoms with E-state index in [4.69, 9.17) is 9.47 Å². The van der Waals surface area contributed by atoms with Gasteiger partial charge in [-0.15, -0.1) is 0 Å². The van der Waals surface area contributed by atoms with Crippen LogP contribution in [-0.4, -0.2) is 44.1 Å². The molecule has 1 heterocycles. The Morgan fingerprint density at radius 3 is 2.71 bits per heavy atom. The summed E-state index contributed by atoms with van der Waals surface area (Å²) in [6.45, 7) is 4.04. The van der Waals surface area contributed by atoms with Crippen molar-refractivity contribution < 1.29 is 24.1 Å². The van der Waals surface area contributed by atoms with Crippen molar-refractivity contribution in [3.05, 3.63) is 75.3 Å².